The minimum absolute atomic E-state index is 0.120. The molecule has 0 spiro atoms. The number of fused-ring (bicyclic) bond motifs is 2. The summed E-state index contributed by atoms with van der Waals surface area (Å²) in [5.74, 6) is 0. The highest BCUT2D eigenvalue weighted by molar-refractivity contribution is 5.98. The first-order chi connectivity index (χ1) is 20.5. The molecule has 0 atom stereocenters. The molecule has 2 aromatic heterocycles. The van der Waals surface area contributed by atoms with Crippen molar-refractivity contribution in [3.63, 3.8) is 0 Å². The van der Waals surface area contributed by atoms with E-state index < -0.39 is 34.3 Å². The molecule has 0 N–H and O–H groups in total. The topological polar surface area (TPSA) is 78.1 Å². The zero-order chi connectivity index (χ0) is 28.8. The fourth-order valence-electron chi connectivity index (χ4n) is 6.00. The van der Waals surface area contributed by atoms with Crippen LogP contribution in [0, 0.1) is 0 Å². The molecule has 0 aliphatic rings. The van der Waals surface area contributed by atoms with Gasteiger partial charge in [-0.3, -0.25) is 28.3 Å². The molecule has 0 amide bonds. The Morgan fingerprint density at radius 1 is 0.333 bits per heavy atom. The summed E-state index contributed by atoms with van der Waals surface area (Å²) in [5, 5.41) is 0.480. The molecule has 0 radical (unpaired) electrons. The Balaban J connectivity index is 1.49. The van der Waals surface area contributed by atoms with Crippen LogP contribution in [-0.4, -0.2) is 9.13 Å². The van der Waals surface area contributed by atoms with Gasteiger partial charge < -0.3 is 0 Å². The Morgan fingerprint density at radius 3 is 0.762 bits per heavy atom. The Bertz CT molecular complexity index is 1950. The quantitative estimate of drug-likeness (QED) is 0.287. The zero-order valence-electron chi connectivity index (χ0n) is 22.4. The molecule has 7 aromatic rings. The third-order valence-corrected chi connectivity index (χ3v) is 7.93. The molecule has 0 fully saturated rings. The van der Waals surface area contributed by atoms with Crippen molar-refractivity contribution in [3.05, 3.63) is 197 Å². The lowest BCUT2D eigenvalue weighted by molar-refractivity contribution is 0.644. The van der Waals surface area contributed by atoms with E-state index in [1.807, 2.05) is 121 Å². The predicted molar refractivity (Wildman–Crippen MR) is 165 cm³/mol. The van der Waals surface area contributed by atoms with Gasteiger partial charge in [-0.15, -0.1) is 0 Å². The van der Waals surface area contributed by atoms with Gasteiger partial charge in [0.2, 0.25) is 0 Å². The Labute approximate surface area is 239 Å². The molecule has 42 heavy (non-hydrogen) atoms. The number of benzene rings is 5. The van der Waals surface area contributed by atoms with Gasteiger partial charge in [0.1, 0.15) is 0 Å². The van der Waals surface area contributed by atoms with Crippen molar-refractivity contribution < 1.29 is 0 Å². The third kappa shape index (κ3) is 3.96. The van der Waals surface area contributed by atoms with Gasteiger partial charge in [0.25, 0.3) is 22.2 Å². The molecule has 6 heteroatoms. The normalized spacial score (nSPS) is 11.7. The average Bonchev–Trinajstić information content (AvgIpc) is 3.43. The predicted octanol–water partition coefficient (Wildman–Crippen LogP) is 5.19. The molecule has 0 aliphatic carbocycles. The zero-order valence-corrected chi connectivity index (χ0v) is 22.4. The maximum atomic E-state index is 13.9. The standard InChI is InChI=1S/C36H24N2O4/c39-33-27-21-29-30(36(42)38(35(29)41)32(25-17-9-3-10-18-25)26-19-11-4-12-20-26)22-28(27)34(40)37(33)31(23-13-5-1-6-14-23)24-15-7-2-8-16-24/h1-22,31-32H. The second kappa shape index (κ2) is 10.1. The first-order valence-corrected chi connectivity index (χ1v) is 13.7. The van der Waals surface area contributed by atoms with E-state index in [0.717, 1.165) is 22.3 Å². The molecule has 0 saturated heterocycles. The highest BCUT2D eigenvalue weighted by atomic mass is 16.2. The van der Waals surface area contributed by atoms with Crippen LogP contribution in [-0.2, 0) is 0 Å². The van der Waals surface area contributed by atoms with E-state index in [1.165, 1.54) is 21.3 Å². The van der Waals surface area contributed by atoms with Crippen LogP contribution in [0.3, 0.4) is 0 Å². The summed E-state index contributed by atoms with van der Waals surface area (Å²) in [6.07, 6.45) is 0. The van der Waals surface area contributed by atoms with Crippen molar-refractivity contribution in [1.82, 2.24) is 9.13 Å². The number of nitrogens with zero attached hydrogens (tertiary/aromatic N) is 2. The van der Waals surface area contributed by atoms with Crippen molar-refractivity contribution >= 4 is 21.5 Å². The fraction of sp³-hybridized carbons (Fsp3) is 0.0556. The molecule has 6 nitrogen and oxygen atoms in total. The van der Waals surface area contributed by atoms with Crippen LogP contribution in [0.5, 0.6) is 0 Å². The van der Waals surface area contributed by atoms with Gasteiger partial charge in [-0.2, -0.15) is 0 Å². The SMILES string of the molecule is O=c1c2cc3c(=O)n(C(c4ccccc4)c4ccccc4)c(=O)c3cc2c(=O)n1C(c1ccccc1)c1ccccc1. The van der Waals surface area contributed by atoms with E-state index in [9.17, 15) is 19.2 Å². The highest BCUT2D eigenvalue weighted by Crippen LogP contribution is 2.28. The lowest BCUT2D eigenvalue weighted by atomic mass is 9.98. The number of aromatic nitrogens is 2. The van der Waals surface area contributed by atoms with Gasteiger partial charge in [0.05, 0.1) is 33.6 Å². The molecule has 5 aromatic carbocycles. The van der Waals surface area contributed by atoms with Gasteiger partial charge in [-0.25, -0.2) is 0 Å². The van der Waals surface area contributed by atoms with E-state index in [-0.39, 0.29) is 21.5 Å². The van der Waals surface area contributed by atoms with E-state index in [4.69, 9.17) is 0 Å². The maximum absolute atomic E-state index is 13.9. The van der Waals surface area contributed by atoms with Crippen molar-refractivity contribution in [2.45, 2.75) is 12.1 Å². The first-order valence-electron chi connectivity index (χ1n) is 13.7. The van der Waals surface area contributed by atoms with Crippen molar-refractivity contribution in [2.75, 3.05) is 0 Å². The monoisotopic (exact) mass is 548 g/mol. The lowest BCUT2D eigenvalue weighted by Gasteiger charge is -2.18. The number of hydrogen-bond acceptors (Lipinski definition) is 4. The second-order valence-corrected chi connectivity index (χ2v) is 10.4. The molecule has 0 saturated carbocycles. The molecule has 0 aliphatic heterocycles. The molecule has 2 heterocycles. The molecular weight excluding hydrogens is 524 g/mol. The largest absolute Gasteiger partial charge is 0.269 e. The lowest BCUT2D eigenvalue weighted by Crippen LogP contribution is -2.32. The molecule has 0 unspecified atom stereocenters. The summed E-state index contributed by atoms with van der Waals surface area (Å²) in [5.41, 5.74) is 1.09. The Morgan fingerprint density at radius 2 is 0.548 bits per heavy atom. The van der Waals surface area contributed by atoms with E-state index in [0.29, 0.717) is 0 Å². The minimum Gasteiger partial charge on any atom is -0.269 e. The van der Waals surface area contributed by atoms with Crippen LogP contribution < -0.4 is 22.2 Å². The van der Waals surface area contributed by atoms with Crippen LogP contribution in [0.4, 0.5) is 0 Å². The smallest absolute Gasteiger partial charge is 0.262 e. The third-order valence-electron chi connectivity index (χ3n) is 7.93. The first kappa shape index (κ1) is 25.4. The highest BCUT2D eigenvalue weighted by Gasteiger charge is 2.28. The van der Waals surface area contributed by atoms with Crippen LogP contribution in [0.25, 0.3) is 21.5 Å². The van der Waals surface area contributed by atoms with Gasteiger partial charge in [-0.05, 0) is 34.4 Å². The summed E-state index contributed by atoms with van der Waals surface area (Å²) in [4.78, 5) is 55.7. The summed E-state index contributed by atoms with van der Waals surface area (Å²) in [7, 11) is 0. The molecule has 202 valence electrons. The van der Waals surface area contributed by atoms with E-state index >= 15 is 0 Å². The van der Waals surface area contributed by atoms with E-state index in [1.54, 1.807) is 0 Å². The summed E-state index contributed by atoms with van der Waals surface area (Å²) in [6.45, 7) is 0. The molecule has 7 rings (SSSR count). The summed E-state index contributed by atoms with van der Waals surface area (Å²) < 4.78 is 2.46. The van der Waals surface area contributed by atoms with Crippen LogP contribution in [0.2, 0.25) is 0 Å². The van der Waals surface area contributed by atoms with Gasteiger partial charge in [0.15, 0.2) is 0 Å². The van der Waals surface area contributed by atoms with Crippen molar-refractivity contribution in [1.29, 1.82) is 0 Å². The number of rotatable bonds is 6. The average molecular weight is 549 g/mol. The maximum Gasteiger partial charge on any atom is 0.262 e. The van der Waals surface area contributed by atoms with Gasteiger partial charge >= 0.3 is 0 Å². The van der Waals surface area contributed by atoms with Crippen molar-refractivity contribution in [3.8, 4) is 0 Å². The van der Waals surface area contributed by atoms with Gasteiger partial charge in [-0.1, -0.05) is 121 Å². The van der Waals surface area contributed by atoms with Crippen LogP contribution in [0.15, 0.2) is 153 Å². The van der Waals surface area contributed by atoms with Crippen LogP contribution in [0.1, 0.15) is 34.3 Å². The molecular formula is C36H24N2O4. The van der Waals surface area contributed by atoms with Gasteiger partial charge in [0, 0.05) is 0 Å². The second-order valence-electron chi connectivity index (χ2n) is 10.4. The minimum atomic E-state index is -0.668. The molecule has 0 bridgehead atoms. The fourth-order valence-corrected chi connectivity index (χ4v) is 6.00. The summed E-state index contributed by atoms with van der Waals surface area (Å²) >= 11 is 0. The van der Waals surface area contributed by atoms with E-state index in [2.05, 4.69) is 0 Å². The van der Waals surface area contributed by atoms with Crippen molar-refractivity contribution in [2.24, 2.45) is 0 Å². The van der Waals surface area contributed by atoms with Crippen LogP contribution >= 0.6 is 0 Å². The number of hydrogen-bond donors (Lipinski definition) is 0. The Kier molecular flexibility index (Phi) is 6.09. The summed E-state index contributed by atoms with van der Waals surface area (Å²) in [6, 6.07) is 38.9. The Hall–Kier alpha value is -5.62.